The highest BCUT2D eigenvalue weighted by Crippen LogP contribution is 2.06. The first-order valence-electron chi connectivity index (χ1n) is 2.80. The molecule has 1 rings (SSSR count). The maximum Gasteiger partial charge on any atom is 0.313 e. The predicted octanol–water partition coefficient (Wildman–Crippen LogP) is -0.00720. The van der Waals surface area contributed by atoms with Crippen molar-refractivity contribution in [1.29, 1.82) is 0 Å². The summed E-state index contributed by atoms with van der Waals surface area (Å²) in [5.41, 5.74) is 0. The highest BCUT2D eigenvalue weighted by Gasteiger charge is 2.15. The average Bonchev–Trinajstić information content (AvgIpc) is 2.36. The lowest BCUT2D eigenvalue weighted by atomic mass is 10.2. The van der Waals surface area contributed by atoms with Gasteiger partial charge >= 0.3 is 5.97 Å². The van der Waals surface area contributed by atoms with Crippen molar-refractivity contribution in [1.82, 2.24) is 15.2 Å². The molecule has 0 fully saturated rings. The number of aromatic amines is 1. The van der Waals surface area contributed by atoms with Gasteiger partial charge in [0.15, 0.2) is 0 Å². The Labute approximate surface area is 57.1 Å². The van der Waals surface area contributed by atoms with Gasteiger partial charge in [-0.25, -0.2) is 4.98 Å². The summed E-state index contributed by atoms with van der Waals surface area (Å²) in [7, 11) is 0. The van der Waals surface area contributed by atoms with Crippen molar-refractivity contribution in [3.8, 4) is 0 Å². The molecule has 1 unspecified atom stereocenters. The fourth-order valence-corrected chi connectivity index (χ4v) is 0.541. The van der Waals surface area contributed by atoms with Crippen LogP contribution in [0.1, 0.15) is 18.7 Å². The number of aliphatic carboxylic acids is 1. The molecule has 1 aromatic rings. The smallest absolute Gasteiger partial charge is 0.313 e. The maximum atomic E-state index is 10.3. The summed E-state index contributed by atoms with van der Waals surface area (Å²) in [6.45, 7) is 1.54. The van der Waals surface area contributed by atoms with Crippen LogP contribution in [0, 0.1) is 0 Å². The van der Waals surface area contributed by atoms with E-state index in [0.29, 0.717) is 5.82 Å². The zero-order valence-corrected chi connectivity index (χ0v) is 5.40. The van der Waals surface area contributed by atoms with Gasteiger partial charge < -0.3 is 5.11 Å². The van der Waals surface area contributed by atoms with Crippen LogP contribution in [0.25, 0.3) is 0 Å². The number of nitrogens with zero attached hydrogens (tertiary/aromatic N) is 2. The van der Waals surface area contributed by atoms with Crippen molar-refractivity contribution < 1.29 is 9.90 Å². The molecule has 0 radical (unpaired) electrons. The van der Waals surface area contributed by atoms with Gasteiger partial charge in [-0.2, -0.15) is 5.10 Å². The summed E-state index contributed by atoms with van der Waals surface area (Å²) in [5, 5.41) is 14.5. The molecule has 5 nitrogen and oxygen atoms in total. The number of H-pyrrole nitrogens is 1. The largest absolute Gasteiger partial charge is 0.481 e. The molecule has 0 amide bonds. The molecule has 1 aromatic heterocycles. The number of carbonyl (C=O) groups is 1. The number of carboxylic acid groups (broad SMARTS) is 1. The lowest BCUT2D eigenvalue weighted by Crippen LogP contribution is -2.08. The Morgan fingerprint density at radius 2 is 2.60 bits per heavy atom. The molecule has 1 atom stereocenters. The molecular weight excluding hydrogens is 134 g/mol. The van der Waals surface area contributed by atoms with Gasteiger partial charge in [-0.15, -0.1) is 0 Å². The van der Waals surface area contributed by atoms with Crippen LogP contribution in [0.4, 0.5) is 0 Å². The molecular formula is C5H7N3O2. The van der Waals surface area contributed by atoms with E-state index in [1.807, 2.05) is 0 Å². The minimum atomic E-state index is -0.906. The third kappa shape index (κ3) is 1.12. The molecule has 54 valence electrons. The Kier molecular flexibility index (Phi) is 1.66. The van der Waals surface area contributed by atoms with Crippen LogP contribution in [0.15, 0.2) is 6.33 Å². The topological polar surface area (TPSA) is 78.9 Å². The number of nitrogens with one attached hydrogen (secondary N) is 1. The molecule has 2 N–H and O–H groups in total. The SMILES string of the molecule is CC(C(=O)O)c1ncn[nH]1. The van der Waals surface area contributed by atoms with Gasteiger partial charge in [0.2, 0.25) is 0 Å². The van der Waals surface area contributed by atoms with Gasteiger partial charge in [0.1, 0.15) is 18.1 Å². The van der Waals surface area contributed by atoms with Crippen LogP contribution >= 0.6 is 0 Å². The molecule has 0 saturated carbocycles. The predicted molar refractivity (Wildman–Crippen MR) is 32.4 cm³/mol. The molecule has 0 aromatic carbocycles. The van der Waals surface area contributed by atoms with Gasteiger partial charge in [0.05, 0.1) is 0 Å². The number of hydrogen-bond acceptors (Lipinski definition) is 3. The minimum absolute atomic E-state index is 0.382. The number of carboxylic acids is 1. The third-order valence-electron chi connectivity index (χ3n) is 1.21. The van der Waals surface area contributed by atoms with E-state index in [4.69, 9.17) is 5.11 Å². The van der Waals surface area contributed by atoms with Crippen LogP contribution in [0.3, 0.4) is 0 Å². The summed E-state index contributed by atoms with van der Waals surface area (Å²) >= 11 is 0. The number of hydrogen-bond donors (Lipinski definition) is 2. The first-order valence-corrected chi connectivity index (χ1v) is 2.80. The van der Waals surface area contributed by atoms with E-state index in [-0.39, 0.29) is 0 Å². The van der Waals surface area contributed by atoms with Crippen molar-refractivity contribution in [2.75, 3.05) is 0 Å². The van der Waals surface area contributed by atoms with E-state index < -0.39 is 11.9 Å². The molecule has 5 heteroatoms. The van der Waals surface area contributed by atoms with Crippen LogP contribution in [-0.2, 0) is 4.79 Å². The quantitative estimate of drug-likeness (QED) is 0.607. The summed E-state index contributed by atoms with van der Waals surface area (Å²) < 4.78 is 0. The Hall–Kier alpha value is -1.39. The Morgan fingerprint density at radius 1 is 1.90 bits per heavy atom. The zero-order valence-electron chi connectivity index (χ0n) is 5.40. The average molecular weight is 141 g/mol. The fraction of sp³-hybridized carbons (Fsp3) is 0.400. The normalized spacial score (nSPS) is 12.9. The number of aromatic nitrogens is 3. The summed E-state index contributed by atoms with van der Waals surface area (Å²) in [6, 6.07) is 0. The number of rotatable bonds is 2. The second kappa shape index (κ2) is 2.47. The van der Waals surface area contributed by atoms with E-state index in [0.717, 1.165) is 0 Å². The van der Waals surface area contributed by atoms with Gasteiger partial charge in [-0.3, -0.25) is 9.89 Å². The first-order chi connectivity index (χ1) is 4.72. The van der Waals surface area contributed by atoms with E-state index in [2.05, 4.69) is 15.2 Å². The molecule has 0 saturated heterocycles. The molecule has 0 bridgehead atoms. The van der Waals surface area contributed by atoms with Crippen molar-refractivity contribution in [2.24, 2.45) is 0 Å². The molecule has 0 aliphatic heterocycles. The van der Waals surface area contributed by atoms with Gasteiger partial charge in [0.25, 0.3) is 0 Å². The maximum absolute atomic E-state index is 10.3. The van der Waals surface area contributed by atoms with Gasteiger partial charge in [-0.1, -0.05) is 0 Å². The monoisotopic (exact) mass is 141 g/mol. The highest BCUT2D eigenvalue weighted by atomic mass is 16.4. The minimum Gasteiger partial charge on any atom is -0.481 e. The Morgan fingerprint density at radius 3 is 3.00 bits per heavy atom. The second-order valence-electron chi connectivity index (χ2n) is 1.93. The molecule has 0 aliphatic rings. The zero-order chi connectivity index (χ0) is 7.56. The third-order valence-corrected chi connectivity index (χ3v) is 1.21. The van der Waals surface area contributed by atoms with Crippen molar-refractivity contribution in [2.45, 2.75) is 12.8 Å². The molecule has 10 heavy (non-hydrogen) atoms. The van der Waals surface area contributed by atoms with Crippen LogP contribution < -0.4 is 0 Å². The van der Waals surface area contributed by atoms with E-state index in [1.165, 1.54) is 6.33 Å². The standard InChI is InChI=1S/C5H7N3O2/c1-3(5(9)10)4-6-2-7-8-4/h2-3H,1H3,(H,9,10)(H,6,7,8). The van der Waals surface area contributed by atoms with Crippen LogP contribution in [-0.4, -0.2) is 26.3 Å². The van der Waals surface area contributed by atoms with E-state index in [1.54, 1.807) is 6.92 Å². The molecule has 0 aliphatic carbocycles. The van der Waals surface area contributed by atoms with Crippen molar-refractivity contribution in [3.05, 3.63) is 12.2 Å². The van der Waals surface area contributed by atoms with Gasteiger partial charge in [-0.05, 0) is 6.92 Å². The molecule has 0 spiro atoms. The van der Waals surface area contributed by atoms with E-state index >= 15 is 0 Å². The van der Waals surface area contributed by atoms with Crippen molar-refractivity contribution in [3.63, 3.8) is 0 Å². The van der Waals surface area contributed by atoms with Crippen LogP contribution in [0.5, 0.6) is 0 Å². The summed E-state index contributed by atoms with van der Waals surface area (Å²) in [6.07, 6.45) is 1.29. The molecule has 1 heterocycles. The first kappa shape index (κ1) is 6.73. The highest BCUT2D eigenvalue weighted by molar-refractivity contribution is 5.74. The van der Waals surface area contributed by atoms with Crippen molar-refractivity contribution >= 4 is 5.97 Å². The lowest BCUT2D eigenvalue weighted by molar-refractivity contribution is -0.138. The summed E-state index contributed by atoms with van der Waals surface area (Å²) in [4.78, 5) is 14.0. The van der Waals surface area contributed by atoms with Gasteiger partial charge in [0, 0.05) is 0 Å². The Balaban J connectivity index is 2.77. The van der Waals surface area contributed by atoms with Crippen LogP contribution in [0.2, 0.25) is 0 Å². The summed E-state index contributed by atoms with van der Waals surface area (Å²) in [5.74, 6) is -1.13. The lowest BCUT2D eigenvalue weighted by Gasteiger charge is -1.97. The Bertz CT molecular complexity index is 219. The van der Waals surface area contributed by atoms with E-state index in [9.17, 15) is 4.79 Å². The fourth-order valence-electron chi connectivity index (χ4n) is 0.541. The second-order valence-corrected chi connectivity index (χ2v) is 1.93.